The van der Waals surface area contributed by atoms with Gasteiger partial charge in [-0.15, -0.1) is 0 Å². The van der Waals surface area contributed by atoms with Gasteiger partial charge in [0.1, 0.15) is 0 Å². The van der Waals surface area contributed by atoms with Crippen LogP contribution in [0.3, 0.4) is 0 Å². The lowest BCUT2D eigenvalue weighted by Crippen LogP contribution is -2.40. The van der Waals surface area contributed by atoms with Crippen molar-refractivity contribution in [3.63, 3.8) is 0 Å². The molecule has 0 bridgehead atoms. The van der Waals surface area contributed by atoms with Gasteiger partial charge < -0.3 is 0 Å². The van der Waals surface area contributed by atoms with Crippen molar-refractivity contribution in [3.05, 3.63) is 35.4 Å². The summed E-state index contributed by atoms with van der Waals surface area (Å²) < 4.78 is 0. The average Bonchev–Trinajstić information content (AvgIpc) is 2.94. The standard InChI is InChI=1S/C18H28N2O/c1-4-15-8-10-16(11-9-15)18(21)14-19(3)13-17-7-6-12-20(17)5-2/h8-11,17H,4-7,12-14H2,1-3H3. The van der Waals surface area contributed by atoms with E-state index in [9.17, 15) is 4.79 Å². The largest absolute Gasteiger partial charge is 0.299 e. The van der Waals surface area contributed by atoms with Crippen LogP contribution >= 0.6 is 0 Å². The molecule has 3 nitrogen and oxygen atoms in total. The molecule has 1 aromatic rings. The molecule has 0 saturated carbocycles. The fraction of sp³-hybridized carbons (Fsp3) is 0.611. The fourth-order valence-electron chi connectivity index (χ4n) is 3.21. The maximum atomic E-state index is 12.3. The monoisotopic (exact) mass is 288 g/mol. The Labute approximate surface area is 128 Å². The number of Topliss-reactive ketones (excluding diaryl/α,β-unsaturated/α-hetero) is 1. The minimum absolute atomic E-state index is 0.223. The molecular formula is C18H28N2O. The molecule has 0 amide bonds. The summed E-state index contributed by atoms with van der Waals surface area (Å²) in [6.07, 6.45) is 3.57. The minimum atomic E-state index is 0.223. The third kappa shape index (κ3) is 4.39. The van der Waals surface area contributed by atoms with Gasteiger partial charge in [0.25, 0.3) is 0 Å². The molecule has 116 valence electrons. The summed E-state index contributed by atoms with van der Waals surface area (Å²) in [5.74, 6) is 0.223. The Balaban J connectivity index is 1.86. The van der Waals surface area contributed by atoms with Crippen LogP contribution < -0.4 is 0 Å². The second kappa shape index (κ2) is 7.71. The molecule has 1 aliphatic rings. The van der Waals surface area contributed by atoms with Gasteiger partial charge in [0, 0.05) is 18.2 Å². The molecule has 1 atom stereocenters. The second-order valence-electron chi connectivity index (χ2n) is 6.10. The number of benzene rings is 1. The van der Waals surface area contributed by atoms with Gasteiger partial charge in [-0.2, -0.15) is 0 Å². The molecule has 1 aliphatic heterocycles. The summed E-state index contributed by atoms with van der Waals surface area (Å²) in [7, 11) is 2.06. The summed E-state index contributed by atoms with van der Waals surface area (Å²) in [4.78, 5) is 17.0. The van der Waals surface area contributed by atoms with Crippen LogP contribution in [0.15, 0.2) is 24.3 Å². The molecule has 0 spiro atoms. The van der Waals surface area contributed by atoms with Crippen molar-refractivity contribution in [2.24, 2.45) is 0 Å². The zero-order valence-electron chi connectivity index (χ0n) is 13.6. The highest BCUT2D eigenvalue weighted by atomic mass is 16.1. The highest BCUT2D eigenvalue weighted by Crippen LogP contribution is 2.17. The number of hydrogen-bond acceptors (Lipinski definition) is 3. The van der Waals surface area contributed by atoms with Crippen LogP contribution in [0.4, 0.5) is 0 Å². The maximum Gasteiger partial charge on any atom is 0.176 e. The minimum Gasteiger partial charge on any atom is -0.299 e. The lowest BCUT2D eigenvalue weighted by atomic mass is 10.1. The van der Waals surface area contributed by atoms with Crippen molar-refractivity contribution in [1.82, 2.24) is 9.80 Å². The van der Waals surface area contributed by atoms with Gasteiger partial charge in [-0.1, -0.05) is 38.1 Å². The molecule has 1 heterocycles. The van der Waals surface area contributed by atoms with E-state index in [4.69, 9.17) is 0 Å². The summed E-state index contributed by atoms with van der Waals surface area (Å²) >= 11 is 0. The van der Waals surface area contributed by atoms with Gasteiger partial charge >= 0.3 is 0 Å². The predicted octanol–water partition coefficient (Wildman–Crippen LogP) is 2.85. The molecule has 1 saturated heterocycles. The van der Waals surface area contributed by atoms with E-state index in [0.717, 1.165) is 25.1 Å². The molecule has 0 aromatic heterocycles. The summed E-state index contributed by atoms with van der Waals surface area (Å²) in [5.41, 5.74) is 2.11. The van der Waals surface area contributed by atoms with Crippen LogP contribution in [0, 0.1) is 0 Å². The normalized spacial score (nSPS) is 19.3. The zero-order valence-corrected chi connectivity index (χ0v) is 13.6. The van der Waals surface area contributed by atoms with E-state index < -0.39 is 0 Å². The number of carbonyl (C=O) groups is 1. The van der Waals surface area contributed by atoms with Gasteiger partial charge in [-0.25, -0.2) is 0 Å². The maximum absolute atomic E-state index is 12.3. The van der Waals surface area contributed by atoms with E-state index >= 15 is 0 Å². The Morgan fingerprint density at radius 1 is 1.29 bits per heavy atom. The molecule has 0 N–H and O–H groups in total. The first-order valence-electron chi connectivity index (χ1n) is 8.18. The first kappa shape index (κ1) is 16.2. The van der Waals surface area contributed by atoms with Crippen LogP contribution in [-0.2, 0) is 6.42 Å². The lowest BCUT2D eigenvalue weighted by Gasteiger charge is -2.27. The number of carbonyl (C=O) groups excluding carboxylic acids is 1. The summed E-state index contributed by atoms with van der Waals surface area (Å²) in [5, 5.41) is 0. The molecule has 1 unspecified atom stereocenters. The van der Waals surface area contributed by atoms with E-state index in [1.54, 1.807) is 0 Å². The fourth-order valence-corrected chi connectivity index (χ4v) is 3.21. The SMILES string of the molecule is CCc1ccc(C(=O)CN(C)CC2CCCN2CC)cc1. The van der Waals surface area contributed by atoms with Crippen LogP contribution in [0.25, 0.3) is 0 Å². The number of hydrogen-bond donors (Lipinski definition) is 0. The van der Waals surface area contributed by atoms with Crippen molar-refractivity contribution in [3.8, 4) is 0 Å². The summed E-state index contributed by atoms with van der Waals surface area (Å²) in [6.45, 7) is 8.18. The van der Waals surface area contributed by atoms with E-state index in [0.29, 0.717) is 12.6 Å². The van der Waals surface area contributed by atoms with Crippen molar-refractivity contribution < 1.29 is 4.79 Å². The average molecular weight is 288 g/mol. The van der Waals surface area contributed by atoms with E-state index in [-0.39, 0.29) is 5.78 Å². The summed E-state index contributed by atoms with van der Waals surface area (Å²) in [6, 6.07) is 8.66. The third-order valence-corrected chi connectivity index (χ3v) is 4.53. The molecular weight excluding hydrogens is 260 g/mol. The molecule has 0 radical (unpaired) electrons. The van der Waals surface area contributed by atoms with Crippen LogP contribution in [0.2, 0.25) is 0 Å². The number of ketones is 1. The number of nitrogens with zero attached hydrogens (tertiary/aromatic N) is 2. The Bertz CT molecular complexity index is 455. The van der Waals surface area contributed by atoms with Gasteiger partial charge in [-0.3, -0.25) is 14.6 Å². The van der Waals surface area contributed by atoms with Crippen LogP contribution in [-0.4, -0.2) is 54.9 Å². The molecule has 0 aliphatic carbocycles. The van der Waals surface area contributed by atoms with Crippen LogP contribution in [0.5, 0.6) is 0 Å². The van der Waals surface area contributed by atoms with E-state index in [2.05, 4.69) is 42.8 Å². The second-order valence-corrected chi connectivity index (χ2v) is 6.10. The van der Waals surface area contributed by atoms with Gasteiger partial charge in [0.15, 0.2) is 5.78 Å². The third-order valence-electron chi connectivity index (χ3n) is 4.53. The Morgan fingerprint density at radius 3 is 2.62 bits per heavy atom. The Kier molecular flexibility index (Phi) is 5.95. The van der Waals surface area contributed by atoms with Gasteiger partial charge in [0.05, 0.1) is 6.54 Å². The highest BCUT2D eigenvalue weighted by Gasteiger charge is 2.24. The number of likely N-dealkylation sites (N-methyl/N-ethyl adjacent to an activating group) is 2. The predicted molar refractivity (Wildman–Crippen MR) is 87.9 cm³/mol. The number of likely N-dealkylation sites (tertiary alicyclic amines) is 1. The van der Waals surface area contributed by atoms with Gasteiger partial charge in [-0.05, 0) is 45.0 Å². The Morgan fingerprint density at radius 2 is 2.00 bits per heavy atom. The zero-order chi connectivity index (χ0) is 15.2. The number of aryl methyl sites for hydroxylation is 1. The van der Waals surface area contributed by atoms with Crippen LogP contribution in [0.1, 0.15) is 42.6 Å². The molecule has 1 fully saturated rings. The van der Waals surface area contributed by atoms with Crippen molar-refractivity contribution in [2.45, 2.75) is 39.2 Å². The first-order chi connectivity index (χ1) is 10.1. The molecule has 1 aromatic carbocycles. The molecule has 21 heavy (non-hydrogen) atoms. The number of rotatable bonds is 7. The quantitative estimate of drug-likeness (QED) is 0.721. The lowest BCUT2D eigenvalue weighted by molar-refractivity contribution is 0.0929. The van der Waals surface area contributed by atoms with Gasteiger partial charge in [0.2, 0.25) is 0 Å². The Hall–Kier alpha value is -1.19. The topological polar surface area (TPSA) is 23.6 Å². The smallest absolute Gasteiger partial charge is 0.176 e. The highest BCUT2D eigenvalue weighted by molar-refractivity contribution is 5.97. The molecule has 2 rings (SSSR count). The van der Waals surface area contributed by atoms with Crippen molar-refractivity contribution in [1.29, 1.82) is 0 Å². The van der Waals surface area contributed by atoms with Crippen molar-refractivity contribution in [2.75, 3.05) is 33.2 Å². The van der Waals surface area contributed by atoms with Crippen molar-refractivity contribution >= 4 is 5.78 Å². The molecule has 3 heteroatoms. The first-order valence-corrected chi connectivity index (χ1v) is 8.18. The van der Waals surface area contributed by atoms with E-state index in [1.165, 1.54) is 24.9 Å². The van der Waals surface area contributed by atoms with E-state index in [1.807, 2.05) is 12.1 Å².